The molecule has 0 saturated carbocycles. The molecule has 0 aliphatic carbocycles. The summed E-state index contributed by atoms with van der Waals surface area (Å²) >= 11 is 16.0. The van der Waals surface area contributed by atoms with Crippen LogP contribution in [-0.2, 0) is 27.8 Å². The second-order valence-electron chi connectivity index (χ2n) is 6.84. The lowest BCUT2D eigenvalue weighted by Gasteiger charge is -2.24. The van der Waals surface area contributed by atoms with Crippen LogP contribution in [0.2, 0.25) is 10.0 Å². The Kier molecular flexibility index (Phi) is 8.36. The predicted molar refractivity (Wildman–Crippen MR) is 129 cm³/mol. The minimum Gasteiger partial charge on any atom is -0.462 e. The van der Waals surface area contributed by atoms with Gasteiger partial charge in [0.05, 0.1) is 17.1 Å². The Hall–Kier alpha value is -1.90. The maximum Gasteiger partial charge on any atom is 0.338 e. The fraction of sp³-hybridized carbons (Fsp3) is 0.174. The number of hydrogen-bond acceptors (Lipinski definition) is 4. The van der Waals surface area contributed by atoms with Crippen molar-refractivity contribution in [2.24, 2.45) is 0 Å². The van der Waals surface area contributed by atoms with Crippen molar-refractivity contribution < 1.29 is 17.9 Å². The molecule has 32 heavy (non-hydrogen) atoms. The molecule has 0 N–H and O–H groups in total. The predicted octanol–water partition coefficient (Wildman–Crippen LogP) is 6.32. The summed E-state index contributed by atoms with van der Waals surface area (Å²) in [5, 5.41) is 0.761. The number of nitrogens with zero attached hydrogens (tertiary/aromatic N) is 1. The van der Waals surface area contributed by atoms with Crippen molar-refractivity contribution >= 4 is 55.1 Å². The lowest BCUT2D eigenvalue weighted by atomic mass is 10.1. The van der Waals surface area contributed by atoms with E-state index in [2.05, 4.69) is 15.9 Å². The van der Waals surface area contributed by atoms with Crippen molar-refractivity contribution in [3.05, 3.63) is 97.9 Å². The molecular weight excluding hydrogens is 537 g/mol. The highest BCUT2D eigenvalue weighted by Crippen LogP contribution is 2.29. The van der Waals surface area contributed by atoms with Crippen LogP contribution in [0.1, 0.15) is 28.4 Å². The third-order valence-electron chi connectivity index (χ3n) is 4.67. The van der Waals surface area contributed by atoms with Crippen molar-refractivity contribution in [1.29, 1.82) is 0 Å². The number of carbonyl (C=O) groups is 1. The summed E-state index contributed by atoms with van der Waals surface area (Å²) < 4.78 is 34.0. The van der Waals surface area contributed by atoms with Gasteiger partial charge in [-0.15, -0.1) is 0 Å². The number of benzene rings is 3. The second-order valence-corrected chi connectivity index (χ2v) is 10.5. The Bertz CT molecular complexity index is 1180. The van der Waals surface area contributed by atoms with Gasteiger partial charge >= 0.3 is 5.97 Å². The molecule has 0 bridgehead atoms. The Labute approximate surface area is 206 Å². The average Bonchev–Trinajstić information content (AvgIpc) is 2.76. The SMILES string of the molecule is CCOC(=O)c1ccc(CN(Cc2c(Cl)cccc2Cl)S(=O)(=O)c2ccc(Br)cc2)cc1. The van der Waals surface area contributed by atoms with Crippen molar-refractivity contribution in [3.8, 4) is 0 Å². The molecule has 3 aromatic rings. The minimum absolute atomic E-state index is 0.0173. The van der Waals surface area contributed by atoms with Gasteiger partial charge in [0, 0.05) is 33.2 Å². The molecule has 0 radical (unpaired) electrons. The molecule has 0 spiro atoms. The molecule has 0 saturated heterocycles. The lowest BCUT2D eigenvalue weighted by Crippen LogP contribution is -2.30. The number of carbonyl (C=O) groups excluding carboxylic acids is 1. The molecule has 3 aromatic carbocycles. The van der Waals surface area contributed by atoms with E-state index in [1.54, 1.807) is 61.5 Å². The van der Waals surface area contributed by atoms with E-state index in [4.69, 9.17) is 27.9 Å². The van der Waals surface area contributed by atoms with Gasteiger partial charge < -0.3 is 4.74 Å². The summed E-state index contributed by atoms with van der Waals surface area (Å²) in [6.45, 7) is 2.05. The molecule has 0 aliphatic rings. The normalized spacial score (nSPS) is 11.5. The van der Waals surface area contributed by atoms with E-state index in [1.807, 2.05) is 0 Å². The smallest absolute Gasteiger partial charge is 0.338 e. The maximum absolute atomic E-state index is 13.5. The van der Waals surface area contributed by atoms with Crippen LogP contribution in [0.5, 0.6) is 0 Å². The fourth-order valence-electron chi connectivity index (χ4n) is 3.01. The molecule has 0 aromatic heterocycles. The molecule has 0 atom stereocenters. The lowest BCUT2D eigenvalue weighted by molar-refractivity contribution is 0.0526. The van der Waals surface area contributed by atoms with E-state index < -0.39 is 16.0 Å². The molecule has 5 nitrogen and oxygen atoms in total. The summed E-state index contributed by atoms with van der Waals surface area (Å²) in [5.41, 5.74) is 1.61. The van der Waals surface area contributed by atoms with Gasteiger partial charge in [-0.25, -0.2) is 13.2 Å². The highest BCUT2D eigenvalue weighted by atomic mass is 79.9. The van der Waals surface area contributed by atoms with Crippen LogP contribution >= 0.6 is 39.1 Å². The van der Waals surface area contributed by atoms with Gasteiger partial charge in [0.15, 0.2) is 0 Å². The minimum atomic E-state index is -3.88. The second kappa shape index (κ2) is 10.8. The van der Waals surface area contributed by atoms with Gasteiger partial charge in [0.1, 0.15) is 0 Å². The fourth-order valence-corrected chi connectivity index (χ4v) is 5.18. The zero-order valence-electron chi connectivity index (χ0n) is 17.1. The first-order chi connectivity index (χ1) is 15.2. The van der Waals surface area contributed by atoms with Crippen LogP contribution < -0.4 is 0 Å². The first kappa shape index (κ1) is 24.7. The maximum atomic E-state index is 13.5. The molecule has 168 valence electrons. The van der Waals surface area contributed by atoms with Crippen molar-refractivity contribution in [2.45, 2.75) is 24.9 Å². The van der Waals surface area contributed by atoms with E-state index in [0.29, 0.717) is 26.7 Å². The largest absolute Gasteiger partial charge is 0.462 e. The van der Waals surface area contributed by atoms with Crippen LogP contribution in [0.25, 0.3) is 0 Å². The molecular formula is C23H20BrCl2NO4S. The molecule has 9 heteroatoms. The van der Waals surface area contributed by atoms with Crippen LogP contribution in [0.4, 0.5) is 0 Å². The van der Waals surface area contributed by atoms with Crippen LogP contribution in [0, 0.1) is 0 Å². The monoisotopic (exact) mass is 555 g/mol. The van der Waals surface area contributed by atoms with E-state index in [-0.39, 0.29) is 24.6 Å². The Morgan fingerprint density at radius 3 is 2.09 bits per heavy atom. The molecule has 0 unspecified atom stereocenters. The van der Waals surface area contributed by atoms with Crippen molar-refractivity contribution in [2.75, 3.05) is 6.61 Å². The van der Waals surface area contributed by atoms with Crippen LogP contribution in [0.15, 0.2) is 76.1 Å². The van der Waals surface area contributed by atoms with Gasteiger partial charge in [-0.2, -0.15) is 4.31 Å². The van der Waals surface area contributed by atoms with E-state index >= 15 is 0 Å². The van der Waals surface area contributed by atoms with Crippen LogP contribution in [0.3, 0.4) is 0 Å². The standard InChI is InChI=1S/C23H20BrCl2NO4S/c1-2-31-23(28)17-8-6-16(7-9-17)14-27(15-20-21(25)4-3-5-22(20)26)32(29,30)19-12-10-18(24)11-13-19/h3-13H,2,14-15H2,1H3. The van der Waals surface area contributed by atoms with Gasteiger partial charge in [-0.05, 0) is 61.0 Å². The summed E-state index contributed by atoms with van der Waals surface area (Å²) in [4.78, 5) is 12.0. The first-order valence-corrected chi connectivity index (χ1v) is 12.7. The third-order valence-corrected chi connectivity index (χ3v) is 7.71. The zero-order chi connectivity index (χ0) is 23.3. The molecule has 0 amide bonds. The molecule has 0 heterocycles. The number of rotatable bonds is 8. The molecule has 0 aliphatic heterocycles. The number of hydrogen-bond donors (Lipinski definition) is 0. The Morgan fingerprint density at radius 1 is 0.938 bits per heavy atom. The van der Waals surface area contributed by atoms with Gasteiger partial charge in [0.25, 0.3) is 0 Å². The van der Waals surface area contributed by atoms with E-state index in [0.717, 1.165) is 4.47 Å². The van der Waals surface area contributed by atoms with Crippen molar-refractivity contribution in [3.63, 3.8) is 0 Å². The molecule has 0 fully saturated rings. The summed E-state index contributed by atoms with van der Waals surface area (Å²) in [6, 6.07) is 18.1. The third kappa shape index (κ3) is 5.91. The van der Waals surface area contributed by atoms with Crippen LogP contribution in [-0.4, -0.2) is 25.3 Å². The highest BCUT2D eigenvalue weighted by molar-refractivity contribution is 9.10. The Morgan fingerprint density at radius 2 is 1.53 bits per heavy atom. The average molecular weight is 557 g/mol. The van der Waals surface area contributed by atoms with Gasteiger partial charge in [-0.3, -0.25) is 0 Å². The summed E-state index contributed by atoms with van der Waals surface area (Å²) in [6.07, 6.45) is 0. The summed E-state index contributed by atoms with van der Waals surface area (Å²) in [5.74, 6) is -0.429. The Balaban J connectivity index is 1.97. The molecule has 3 rings (SSSR count). The number of halogens is 3. The quantitative estimate of drug-likeness (QED) is 0.304. The number of ether oxygens (including phenoxy) is 1. The van der Waals surface area contributed by atoms with E-state index in [9.17, 15) is 13.2 Å². The highest BCUT2D eigenvalue weighted by Gasteiger charge is 2.26. The first-order valence-electron chi connectivity index (χ1n) is 9.67. The number of esters is 1. The summed E-state index contributed by atoms with van der Waals surface area (Å²) in [7, 11) is -3.88. The number of sulfonamides is 1. The van der Waals surface area contributed by atoms with Gasteiger partial charge in [-0.1, -0.05) is 57.3 Å². The zero-order valence-corrected chi connectivity index (χ0v) is 21.0. The van der Waals surface area contributed by atoms with Gasteiger partial charge in [0.2, 0.25) is 10.0 Å². The topological polar surface area (TPSA) is 63.7 Å². The van der Waals surface area contributed by atoms with E-state index in [1.165, 1.54) is 16.4 Å². The van der Waals surface area contributed by atoms with Crippen molar-refractivity contribution in [1.82, 2.24) is 4.31 Å².